The largest absolute Gasteiger partial charge is 0.489 e. The number of nitrogens with one attached hydrogen (secondary N) is 1. The smallest absolute Gasteiger partial charge is 0.329 e. The molecular weight excluding hydrogens is 450 g/mol. The first-order valence-electron chi connectivity index (χ1n) is 12.0. The van der Waals surface area contributed by atoms with Crippen molar-refractivity contribution in [3.8, 4) is 5.75 Å². The minimum atomic E-state index is -0.825. The summed E-state index contributed by atoms with van der Waals surface area (Å²) in [5.74, 6) is -0.0152. The van der Waals surface area contributed by atoms with Crippen molar-refractivity contribution in [1.82, 2.24) is 5.32 Å². The fourth-order valence-corrected chi connectivity index (χ4v) is 3.79. The molecule has 1 atom stereocenters. The second-order valence-electron chi connectivity index (χ2n) is 8.50. The van der Waals surface area contributed by atoms with Crippen molar-refractivity contribution in [3.05, 3.63) is 138 Å². The van der Waals surface area contributed by atoms with E-state index in [1.165, 1.54) is 0 Å². The van der Waals surface area contributed by atoms with E-state index in [0.717, 1.165) is 22.3 Å². The van der Waals surface area contributed by atoms with E-state index >= 15 is 0 Å². The third-order valence-corrected chi connectivity index (χ3v) is 5.64. The summed E-state index contributed by atoms with van der Waals surface area (Å²) in [6.45, 7) is 0.589. The lowest BCUT2D eigenvalue weighted by molar-refractivity contribution is -0.149. The van der Waals surface area contributed by atoms with Crippen LogP contribution in [-0.4, -0.2) is 17.9 Å². The zero-order valence-corrected chi connectivity index (χ0v) is 20.0. The molecule has 182 valence electrons. The highest BCUT2D eigenvalue weighted by atomic mass is 16.5. The zero-order valence-electron chi connectivity index (χ0n) is 20.0. The SMILES string of the molecule is O=C(Cc1ccccc1)NC(Cc1cccc(OCc2ccccc2)c1)C(=O)OCc1ccccc1. The number of rotatable bonds is 11. The van der Waals surface area contributed by atoms with E-state index in [4.69, 9.17) is 9.47 Å². The average Bonchev–Trinajstić information content (AvgIpc) is 2.92. The van der Waals surface area contributed by atoms with Crippen LogP contribution in [0.25, 0.3) is 0 Å². The molecule has 0 fully saturated rings. The molecule has 0 bridgehead atoms. The van der Waals surface area contributed by atoms with Crippen molar-refractivity contribution in [3.63, 3.8) is 0 Å². The molecule has 0 saturated heterocycles. The molecular formula is C31H29NO4. The predicted molar refractivity (Wildman–Crippen MR) is 139 cm³/mol. The fraction of sp³-hybridized carbons (Fsp3) is 0.161. The summed E-state index contributed by atoms with van der Waals surface area (Å²) in [5.41, 5.74) is 3.69. The van der Waals surface area contributed by atoms with Gasteiger partial charge in [-0.3, -0.25) is 4.79 Å². The number of ether oxygens (including phenoxy) is 2. The Morgan fingerprint density at radius 2 is 1.19 bits per heavy atom. The van der Waals surface area contributed by atoms with Crippen molar-refractivity contribution in [2.45, 2.75) is 32.1 Å². The molecule has 36 heavy (non-hydrogen) atoms. The topological polar surface area (TPSA) is 64.6 Å². The van der Waals surface area contributed by atoms with Crippen molar-refractivity contribution in [2.24, 2.45) is 0 Å². The Kier molecular flexibility index (Phi) is 8.87. The first-order valence-corrected chi connectivity index (χ1v) is 12.0. The number of hydrogen-bond acceptors (Lipinski definition) is 4. The third-order valence-electron chi connectivity index (χ3n) is 5.64. The summed E-state index contributed by atoms with van der Waals surface area (Å²) in [7, 11) is 0. The minimum Gasteiger partial charge on any atom is -0.489 e. The van der Waals surface area contributed by atoms with Gasteiger partial charge in [-0.25, -0.2) is 4.79 Å². The molecule has 0 aliphatic heterocycles. The van der Waals surface area contributed by atoms with Crippen LogP contribution in [0, 0.1) is 0 Å². The minimum absolute atomic E-state index is 0.144. The Bertz CT molecular complexity index is 1240. The average molecular weight is 480 g/mol. The second-order valence-corrected chi connectivity index (χ2v) is 8.50. The van der Waals surface area contributed by atoms with Crippen LogP contribution in [-0.2, 0) is 40.4 Å². The number of esters is 1. The van der Waals surface area contributed by atoms with Gasteiger partial charge < -0.3 is 14.8 Å². The molecule has 0 aliphatic rings. The van der Waals surface area contributed by atoms with Gasteiger partial charge in [0.2, 0.25) is 5.91 Å². The van der Waals surface area contributed by atoms with Crippen LogP contribution >= 0.6 is 0 Å². The van der Waals surface area contributed by atoms with Crippen molar-refractivity contribution < 1.29 is 19.1 Å². The molecule has 0 saturated carbocycles. The van der Waals surface area contributed by atoms with E-state index in [9.17, 15) is 9.59 Å². The Hall–Kier alpha value is -4.38. The van der Waals surface area contributed by atoms with Gasteiger partial charge in [0.25, 0.3) is 0 Å². The summed E-state index contributed by atoms with van der Waals surface area (Å²) in [4.78, 5) is 25.8. The van der Waals surface area contributed by atoms with E-state index in [1.807, 2.05) is 115 Å². The third kappa shape index (κ3) is 7.84. The molecule has 4 aromatic rings. The van der Waals surface area contributed by atoms with E-state index in [2.05, 4.69) is 5.32 Å². The Morgan fingerprint density at radius 3 is 1.83 bits per heavy atom. The van der Waals surface area contributed by atoms with Gasteiger partial charge in [0, 0.05) is 6.42 Å². The van der Waals surface area contributed by atoms with Gasteiger partial charge in [-0.2, -0.15) is 0 Å². The number of amides is 1. The summed E-state index contributed by atoms with van der Waals surface area (Å²) >= 11 is 0. The number of benzene rings is 4. The van der Waals surface area contributed by atoms with Gasteiger partial charge in [0.1, 0.15) is 25.0 Å². The first kappa shape index (κ1) is 24.7. The Balaban J connectivity index is 1.43. The van der Waals surface area contributed by atoms with Crippen LogP contribution in [0.5, 0.6) is 5.75 Å². The molecule has 1 unspecified atom stereocenters. The van der Waals surface area contributed by atoms with Crippen LogP contribution in [0.2, 0.25) is 0 Å². The Labute approximate surface area is 211 Å². The van der Waals surface area contributed by atoms with E-state index in [1.54, 1.807) is 0 Å². The van der Waals surface area contributed by atoms with E-state index in [0.29, 0.717) is 12.4 Å². The highest BCUT2D eigenvalue weighted by Crippen LogP contribution is 2.17. The van der Waals surface area contributed by atoms with Crippen LogP contribution in [0.3, 0.4) is 0 Å². The first-order chi connectivity index (χ1) is 17.7. The van der Waals surface area contributed by atoms with Gasteiger partial charge in [-0.15, -0.1) is 0 Å². The molecule has 0 spiro atoms. The standard InChI is InChI=1S/C31H29NO4/c33-30(21-24-11-4-1-5-12-24)32-29(31(34)36-23-26-15-8-3-9-16-26)20-27-17-10-18-28(19-27)35-22-25-13-6-2-7-14-25/h1-19,29H,20-23H2,(H,32,33). The number of carbonyl (C=O) groups excluding carboxylic acids is 2. The molecule has 0 aliphatic carbocycles. The summed E-state index contributed by atoms with van der Waals surface area (Å²) in [6, 6.07) is 35.6. The maximum Gasteiger partial charge on any atom is 0.329 e. The molecule has 1 N–H and O–H groups in total. The monoisotopic (exact) mass is 479 g/mol. The normalized spacial score (nSPS) is 11.3. The van der Waals surface area contributed by atoms with Gasteiger partial charge in [0.15, 0.2) is 0 Å². The predicted octanol–water partition coefficient (Wildman–Crippen LogP) is 5.28. The summed E-state index contributed by atoms with van der Waals surface area (Å²) in [6.07, 6.45) is 0.472. The molecule has 0 radical (unpaired) electrons. The molecule has 5 heteroatoms. The number of hydrogen-bond donors (Lipinski definition) is 1. The molecule has 0 heterocycles. The maximum atomic E-state index is 13.0. The second kappa shape index (κ2) is 12.9. The number of carbonyl (C=O) groups is 2. The van der Waals surface area contributed by atoms with Crippen molar-refractivity contribution in [2.75, 3.05) is 0 Å². The maximum absolute atomic E-state index is 13.0. The molecule has 4 aromatic carbocycles. The molecule has 1 amide bonds. The van der Waals surface area contributed by atoms with E-state index in [-0.39, 0.29) is 25.4 Å². The molecule has 4 rings (SSSR count). The lowest BCUT2D eigenvalue weighted by Crippen LogP contribution is -2.44. The van der Waals surface area contributed by atoms with Crippen LogP contribution in [0.15, 0.2) is 115 Å². The van der Waals surface area contributed by atoms with E-state index < -0.39 is 12.0 Å². The van der Waals surface area contributed by atoms with Crippen molar-refractivity contribution >= 4 is 11.9 Å². The van der Waals surface area contributed by atoms with Gasteiger partial charge in [0.05, 0.1) is 6.42 Å². The van der Waals surface area contributed by atoms with Gasteiger partial charge >= 0.3 is 5.97 Å². The molecule has 5 nitrogen and oxygen atoms in total. The summed E-state index contributed by atoms with van der Waals surface area (Å²) < 4.78 is 11.5. The van der Waals surface area contributed by atoms with Gasteiger partial charge in [-0.05, 0) is 34.4 Å². The quantitative estimate of drug-likeness (QED) is 0.297. The highest BCUT2D eigenvalue weighted by Gasteiger charge is 2.23. The Morgan fingerprint density at radius 1 is 0.639 bits per heavy atom. The van der Waals surface area contributed by atoms with Gasteiger partial charge in [-0.1, -0.05) is 103 Å². The van der Waals surface area contributed by atoms with Crippen LogP contribution < -0.4 is 10.1 Å². The molecule has 0 aromatic heterocycles. The lowest BCUT2D eigenvalue weighted by atomic mass is 10.0. The fourth-order valence-electron chi connectivity index (χ4n) is 3.79. The highest BCUT2D eigenvalue weighted by molar-refractivity contribution is 5.85. The van der Waals surface area contributed by atoms with Crippen LogP contribution in [0.1, 0.15) is 22.3 Å². The van der Waals surface area contributed by atoms with Crippen LogP contribution in [0.4, 0.5) is 0 Å². The summed E-state index contributed by atoms with van der Waals surface area (Å²) in [5, 5.41) is 2.87. The lowest BCUT2D eigenvalue weighted by Gasteiger charge is -2.18. The zero-order chi connectivity index (χ0) is 25.0. The van der Waals surface area contributed by atoms with Crippen molar-refractivity contribution in [1.29, 1.82) is 0 Å².